The summed E-state index contributed by atoms with van der Waals surface area (Å²) < 4.78 is 0. The van der Waals surface area contributed by atoms with Crippen molar-refractivity contribution in [2.24, 2.45) is 5.92 Å². The molecule has 2 aromatic rings. The van der Waals surface area contributed by atoms with Crippen molar-refractivity contribution < 1.29 is 4.79 Å². The Bertz CT molecular complexity index is 713. The predicted molar refractivity (Wildman–Crippen MR) is 96.5 cm³/mol. The molecule has 0 spiro atoms. The molecule has 2 aromatic heterocycles. The quantitative estimate of drug-likeness (QED) is 0.856. The number of carbonyl (C=O) groups is 1. The molecule has 5 nitrogen and oxygen atoms in total. The minimum Gasteiger partial charge on any atom is -0.356 e. The van der Waals surface area contributed by atoms with Crippen LogP contribution in [0.25, 0.3) is 0 Å². The molecule has 2 aliphatic rings. The van der Waals surface area contributed by atoms with Gasteiger partial charge >= 0.3 is 0 Å². The molecular weight excluding hydrogens is 320 g/mol. The molecule has 0 radical (unpaired) electrons. The molecule has 2 fully saturated rings. The molecular formula is C18H22N4OS. The van der Waals surface area contributed by atoms with Gasteiger partial charge in [0.25, 0.3) is 0 Å². The van der Waals surface area contributed by atoms with Gasteiger partial charge in [-0.1, -0.05) is 6.07 Å². The summed E-state index contributed by atoms with van der Waals surface area (Å²) in [5.41, 5.74) is 0.993. The highest BCUT2D eigenvalue weighted by Crippen LogP contribution is 2.36. The second-order valence-electron chi connectivity index (χ2n) is 6.68. The Morgan fingerprint density at radius 3 is 2.88 bits per heavy atom. The fraction of sp³-hybridized carbons (Fsp3) is 0.500. The topological polar surface area (TPSA) is 49.3 Å². The van der Waals surface area contributed by atoms with Crippen LogP contribution in [0.3, 0.4) is 0 Å². The second-order valence-corrected chi connectivity index (χ2v) is 7.52. The third kappa shape index (κ3) is 3.15. The summed E-state index contributed by atoms with van der Waals surface area (Å²) in [6, 6.07) is 6.31. The number of anilines is 2. The van der Waals surface area contributed by atoms with Crippen molar-refractivity contribution >= 4 is 28.2 Å². The second kappa shape index (κ2) is 6.51. The summed E-state index contributed by atoms with van der Waals surface area (Å²) >= 11 is 1.58. The predicted octanol–water partition coefficient (Wildman–Crippen LogP) is 3.26. The lowest BCUT2D eigenvalue weighted by molar-refractivity contribution is -0.122. The van der Waals surface area contributed by atoms with Crippen molar-refractivity contribution in [3.63, 3.8) is 0 Å². The van der Waals surface area contributed by atoms with E-state index in [0.29, 0.717) is 6.04 Å². The third-order valence-electron chi connectivity index (χ3n) is 4.71. The lowest BCUT2D eigenvalue weighted by Crippen LogP contribution is -2.46. The minimum absolute atomic E-state index is 0.0329. The van der Waals surface area contributed by atoms with Crippen LogP contribution in [0.2, 0.25) is 0 Å². The maximum atomic E-state index is 13.2. The van der Waals surface area contributed by atoms with E-state index >= 15 is 0 Å². The fourth-order valence-electron chi connectivity index (χ4n) is 3.34. The van der Waals surface area contributed by atoms with Gasteiger partial charge in [-0.2, -0.15) is 0 Å². The Labute approximate surface area is 146 Å². The van der Waals surface area contributed by atoms with E-state index in [1.54, 1.807) is 11.3 Å². The van der Waals surface area contributed by atoms with E-state index < -0.39 is 0 Å². The molecule has 0 bridgehead atoms. The number of amides is 1. The average molecular weight is 342 g/mol. The maximum absolute atomic E-state index is 13.2. The molecule has 1 amide bonds. The Kier molecular flexibility index (Phi) is 4.22. The van der Waals surface area contributed by atoms with Crippen LogP contribution in [0.1, 0.15) is 31.4 Å². The number of hydrogen-bond acceptors (Lipinski definition) is 5. The van der Waals surface area contributed by atoms with Crippen LogP contribution in [-0.4, -0.2) is 35.0 Å². The normalized spacial score (nSPS) is 20.9. The van der Waals surface area contributed by atoms with E-state index in [0.717, 1.165) is 55.4 Å². The van der Waals surface area contributed by atoms with Gasteiger partial charge in [0.15, 0.2) is 5.13 Å². The van der Waals surface area contributed by atoms with E-state index in [1.807, 2.05) is 41.6 Å². The highest BCUT2D eigenvalue weighted by Gasteiger charge is 2.39. The van der Waals surface area contributed by atoms with Gasteiger partial charge in [0, 0.05) is 30.7 Å². The highest BCUT2D eigenvalue weighted by molar-refractivity contribution is 7.14. The van der Waals surface area contributed by atoms with Crippen LogP contribution in [-0.2, 0) is 4.79 Å². The first-order chi connectivity index (χ1) is 11.7. The van der Waals surface area contributed by atoms with Crippen LogP contribution >= 0.6 is 11.3 Å². The molecule has 1 saturated carbocycles. The van der Waals surface area contributed by atoms with E-state index in [4.69, 9.17) is 0 Å². The van der Waals surface area contributed by atoms with Crippen molar-refractivity contribution in [2.75, 3.05) is 22.9 Å². The Balaban J connectivity index is 1.52. The van der Waals surface area contributed by atoms with E-state index in [2.05, 4.69) is 14.9 Å². The largest absolute Gasteiger partial charge is 0.356 e. The zero-order valence-corrected chi connectivity index (χ0v) is 14.7. The molecule has 1 atom stereocenters. The molecule has 1 saturated heterocycles. The first kappa shape index (κ1) is 15.6. The number of rotatable bonds is 4. The van der Waals surface area contributed by atoms with Gasteiger partial charge in [-0.15, -0.1) is 11.3 Å². The lowest BCUT2D eigenvalue weighted by atomic mass is 9.96. The van der Waals surface area contributed by atoms with Crippen LogP contribution in [0.5, 0.6) is 0 Å². The van der Waals surface area contributed by atoms with Gasteiger partial charge in [-0.25, -0.2) is 9.97 Å². The maximum Gasteiger partial charge on any atom is 0.233 e. The van der Waals surface area contributed by atoms with Crippen LogP contribution in [0.4, 0.5) is 10.9 Å². The van der Waals surface area contributed by atoms with E-state index in [-0.39, 0.29) is 11.8 Å². The molecule has 4 rings (SSSR count). The Morgan fingerprint density at radius 2 is 2.21 bits per heavy atom. The van der Waals surface area contributed by atoms with Gasteiger partial charge in [-0.05, 0) is 44.7 Å². The van der Waals surface area contributed by atoms with Crippen molar-refractivity contribution in [2.45, 2.75) is 38.6 Å². The van der Waals surface area contributed by atoms with Gasteiger partial charge in [0.2, 0.25) is 5.91 Å². The molecule has 1 aliphatic carbocycles. The number of aromatic nitrogens is 2. The van der Waals surface area contributed by atoms with Crippen molar-refractivity contribution in [3.05, 3.63) is 35.5 Å². The van der Waals surface area contributed by atoms with Gasteiger partial charge < -0.3 is 4.90 Å². The summed E-state index contributed by atoms with van der Waals surface area (Å²) in [6.07, 6.45) is 6.00. The highest BCUT2D eigenvalue weighted by atomic mass is 32.1. The number of aryl methyl sites for hydroxylation is 1. The smallest absolute Gasteiger partial charge is 0.233 e. The van der Waals surface area contributed by atoms with Crippen molar-refractivity contribution in [1.82, 2.24) is 9.97 Å². The molecule has 0 aromatic carbocycles. The number of nitrogens with zero attached hydrogens (tertiary/aromatic N) is 4. The molecule has 0 N–H and O–H groups in total. The summed E-state index contributed by atoms with van der Waals surface area (Å²) in [6.45, 7) is 3.71. The van der Waals surface area contributed by atoms with Crippen LogP contribution < -0.4 is 9.80 Å². The Morgan fingerprint density at radius 1 is 1.33 bits per heavy atom. The summed E-state index contributed by atoms with van der Waals surface area (Å²) in [5, 5.41) is 2.90. The molecule has 6 heteroatoms. The van der Waals surface area contributed by atoms with Crippen LogP contribution in [0, 0.1) is 12.8 Å². The van der Waals surface area contributed by atoms with Crippen LogP contribution in [0.15, 0.2) is 29.8 Å². The summed E-state index contributed by atoms with van der Waals surface area (Å²) in [7, 11) is 0. The number of carbonyl (C=O) groups excluding carboxylic acids is 1. The zero-order chi connectivity index (χ0) is 16.5. The molecule has 1 aliphatic heterocycles. The lowest BCUT2D eigenvalue weighted by Gasteiger charge is -2.35. The molecule has 0 unspecified atom stereocenters. The molecule has 126 valence electrons. The van der Waals surface area contributed by atoms with Gasteiger partial charge in [-0.3, -0.25) is 9.69 Å². The summed E-state index contributed by atoms with van der Waals surface area (Å²) in [4.78, 5) is 26.4. The number of piperidine rings is 1. The number of thiazole rings is 1. The monoisotopic (exact) mass is 342 g/mol. The van der Waals surface area contributed by atoms with E-state index in [9.17, 15) is 4.79 Å². The van der Waals surface area contributed by atoms with Gasteiger partial charge in [0.1, 0.15) is 5.82 Å². The standard InChI is InChI=1S/C18H22N4OS/c1-13-12-24-18(20-13)22(15-7-8-15)17(23)14-5-4-10-21(11-14)16-6-2-3-9-19-16/h2-3,6,9,12,14-15H,4-5,7-8,10-11H2,1H3/t14-/m0/s1. The van der Waals surface area contributed by atoms with E-state index in [1.165, 1.54) is 0 Å². The molecule has 24 heavy (non-hydrogen) atoms. The number of hydrogen-bond donors (Lipinski definition) is 0. The van der Waals surface area contributed by atoms with Gasteiger partial charge in [0.05, 0.1) is 11.6 Å². The SMILES string of the molecule is Cc1csc(N(C(=O)[C@H]2CCCN(c3ccccn3)C2)C2CC2)n1. The average Bonchev–Trinajstić information content (AvgIpc) is 3.37. The third-order valence-corrected chi connectivity index (χ3v) is 5.66. The van der Waals surface area contributed by atoms with Crippen molar-refractivity contribution in [1.29, 1.82) is 0 Å². The first-order valence-electron chi connectivity index (χ1n) is 8.63. The van der Waals surface area contributed by atoms with Crippen molar-refractivity contribution in [3.8, 4) is 0 Å². The first-order valence-corrected chi connectivity index (χ1v) is 9.51. The zero-order valence-electron chi connectivity index (χ0n) is 13.9. The summed E-state index contributed by atoms with van der Waals surface area (Å²) in [5.74, 6) is 1.25. The number of pyridine rings is 1. The Hall–Kier alpha value is -1.95. The fourth-order valence-corrected chi connectivity index (χ4v) is 4.22. The molecule has 3 heterocycles. The minimum atomic E-state index is 0.0329.